The lowest BCUT2D eigenvalue weighted by molar-refractivity contribution is -0.139. The van der Waals surface area contributed by atoms with Gasteiger partial charge in [0.25, 0.3) is 0 Å². The molecule has 0 heterocycles. The largest absolute Gasteiger partial charge is 0.502 e. The van der Waals surface area contributed by atoms with Crippen LogP contribution in [0.25, 0.3) is 0 Å². The molecule has 0 aliphatic heterocycles. The van der Waals surface area contributed by atoms with Crippen LogP contribution >= 0.6 is 15.9 Å². The van der Waals surface area contributed by atoms with Crippen LogP contribution in [0.3, 0.4) is 0 Å². The van der Waals surface area contributed by atoms with Gasteiger partial charge in [0, 0.05) is 16.3 Å². The number of esters is 1. The van der Waals surface area contributed by atoms with E-state index in [1.165, 1.54) is 7.11 Å². The lowest BCUT2D eigenvalue weighted by Crippen LogP contribution is -2.36. The molecule has 0 saturated heterocycles. The van der Waals surface area contributed by atoms with Crippen LogP contribution in [-0.4, -0.2) is 29.3 Å². The van der Waals surface area contributed by atoms with Crippen molar-refractivity contribution in [3.8, 4) is 0 Å². The number of fused-ring (bicyclic) bond motifs is 2. The van der Waals surface area contributed by atoms with E-state index >= 15 is 0 Å². The van der Waals surface area contributed by atoms with Gasteiger partial charge in [-0.25, -0.2) is 4.79 Å². The number of hydrogen-bond acceptors (Lipinski definition) is 4. The van der Waals surface area contributed by atoms with E-state index in [4.69, 9.17) is 0 Å². The summed E-state index contributed by atoms with van der Waals surface area (Å²) in [6.07, 6.45) is 1.62. The highest BCUT2D eigenvalue weighted by Gasteiger charge is 2.67. The summed E-state index contributed by atoms with van der Waals surface area (Å²) in [5.74, 6) is -1.52. The fraction of sp³-hybridized carbons (Fsp3) is 0.692. The molecule has 2 saturated carbocycles. The maximum Gasteiger partial charge on any atom is 0.373 e. The molecule has 0 aromatic heterocycles. The molecular weight excluding hydrogens is 300 g/mol. The fourth-order valence-electron chi connectivity index (χ4n) is 3.43. The van der Waals surface area contributed by atoms with E-state index in [9.17, 15) is 14.7 Å². The van der Waals surface area contributed by atoms with Crippen LogP contribution in [0.1, 0.15) is 26.7 Å². The first-order chi connectivity index (χ1) is 8.33. The normalized spacial score (nSPS) is 41.1. The first kappa shape index (κ1) is 13.6. The van der Waals surface area contributed by atoms with Gasteiger partial charge in [0.15, 0.2) is 5.78 Å². The molecule has 4 nitrogen and oxygen atoms in total. The average molecular weight is 317 g/mol. The average Bonchev–Trinajstić information content (AvgIpc) is 2.71. The first-order valence-corrected chi connectivity index (χ1v) is 7.08. The van der Waals surface area contributed by atoms with E-state index in [-0.39, 0.29) is 22.7 Å². The summed E-state index contributed by atoms with van der Waals surface area (Å²) in [4.78, 5) is 23.9. The Balaban J connectivity index is 2.57. The lowest BCUT2D eigenvalue weighted by Gasteiger charge is -2.34. The van der Waals surface area contributed by atoms with Crippen molar-refractivity contribution in [2.45, 2.75) is 26.7 Å². The minimum Gasteiger partial charge on any atom is -0.502 e. The molecule has 2 rings (SSSR count). The van der Waals surface area contributed by atoms with Crippen LogP contribution < -0.4 is 0 Å². The molecule has 0 radical (unpaired) electrons. The number of carbonyl (C=O) groups is 2. The number of hydrogen-bond donors (Lipinski definition) is 1. The van der Waals surface area contributed by atoms with Crippen molar-refractivity contribution in [2.24, 2.45) is 16.7 Å². The number of rotatable bonds is 2. The van der Waals surface area contributed by atoms with Crippen molar-refractivity contribution in [1.29, 1.82) is 0 Å². The second-order valence-electron chi connectivity index (χ2n) is 5.56. The van der Waals surface area contributed by atoms with Crippen molar-refractivity contribution in [1.82, 2.24) is 0 Å². The van der Waals surface area contributed by atoms with Gasteiger partial charge in [-0.05, 0) is 24.2 Å². The van der Waals surface area contributed by atoms with Gasteiger partial charge in [0.1, 0.15) is 0 Å². The molecule has 2 bridgehead atoms. The van der Waals surface area contributed by atoms with Crippen molar-refractivity contribution >= 4 is 27.7 Å². The van der Waals surface area contributed by atoms with Crippen molar-refractivity contribution in [2.75, 3.05) is 12.4 Å². The van der Waals surface area contributed by atoms with Crippen LogP contribution in [0.15, 0.2) is 11.3 Å². The van der Waals surface area contributed by atoms with Gasteiger partial charge in [0.2, 0.25) is 5.76 Å². The van der Waals surface area contributed by atoms with Crippen LogP contribution in [-0.2, 0) is 14.3 Å². The third-order valence-corrected chi connectivity index (χ3v) is 6.13. The van der Waals surface area contributed by atoms with Crippen LogP contribution in [0, 0.1) is 16.7 Å². The Kier molecular flexibility index (Phi) is 3.08. The van der Waals surface area contributed by atoms with E-state index in [0.717, 1.165) is 12.8 Å². The van der Waals surface area contributed by atoms with E-state index in [1.54, 1.807) is 0 Å². The van der Waals surface area contributed by atoms with E-state index < -0.39 is 17.1 Å². The highest BCUT2D eigenvalue weighted by molar-refractivity contribution is 9.09. The maximum absolute atomic E-state index is 12.5. The zero-order valence-electron chi connectivity index (χ0n) is 10.7. The number of ketones is 1. The molecule has 2 fully saturated rings. The highest BCUT2D eigenvalue weighted by Crippen LogP contribution is 2.66. The number of aliphatic hydroxyl groups is 1. The predicted octanol–water partition coefficient (Wildman–Crippen LogP) is 2.37. The van der Waals surface area contributed by atoms with Gasteiger partial charge in [-0.2, -0.15) is 0 Å². The summed E-state index contributed by atoms with van der Waals surface area (Å²) in [6.45, 7) is 3.96. The summed E-state index contributed by atoms with van der Waals surface area (Å²) >= 11 is 3.47. The van der Waals surface area contributed by atoms with Crippen molar-refractivity contribution in [3.63, 3.8) is 0 Å². The summed E-state index contributed by atoms with van der Waals surface area (Å²) < 4.78 is 4.50. The second kappa shape index (κ2) is 4.08. The Morgan fingerprint density at radius 1 is 1.56 bits per heavy atom. The molecule has 2 aliphatic carbocycles. The first-order valence-electron chi connectivity index (χ1n) is 5.95. The molecule has 3 atom stereocenters. The summed E-state index contributed by atoms with van der Waals surface area (Å²) in [7, 11) is 1.20. The van der Waals surface area contributed by atoms with E-state index in [2.05, 4.69) is 20.7 Å². The molecule has 2 aliphatic rings. The minimum absolute atomic E-state index is 0.0755. The smallest absolute Gasteiger partial charge is 0.373 e. The summed E-state index contributed by atoms with van der Waals surface area (Å²) in [5, 5.41) is 10.6. The summed E-state index contributed by atoms with van der Waals surface area (Å²) in [5.41, 5.74) is -0.488. The summed E-state index contributed by atoms with van der Waals surface area (Å²) in [6, 6.07) is 0. The third-order valence-electron chi connectivity index (χ3n) is 4.97. The van der Waals surface area contributed by atoms with Crippen LogP contribution in [0.4, 0.5) is 0 Å². The van der Waals surface area contributed by atoms with Crippen molar-refractivity contribution < 1.29 is 19.4 Å². The Bertz CT molecular complexity index is 456. The van der Waals surface area contributed by atoms with Crippen LogP contribution in [0.2, 0.25) is 0 Å². The molecule has 0 amide bonds. The van der Waals surface area contributed by atoms with Gasteiger partial charge < -0.3 is 9.84 Å². The quantitative estimate of drug-likeness (QED) is 0.368. The van der Waals surface area contributed by atoms with Gasteiger partial charge >= 0.3 is 5.97 Å². The van der Waals surface area contributed by atoms with Gasteiger partial charge in [0.05, 0.1) is 7.11 Å². The van der Waals surface area contributed by atoms with Crippen LogP contribution in [0.5, 0.6) is 0 Å². The lowest BCUT2D eigenvalue weighted by atomic mass is 9.70. The number of carbonyl (C=O) groups excluding carboxylic acids is 2. The number of Topliss-reactive ketones (excluding diaryl/α,β-unsaturated/α-hetero) is 1. The Morgan fingerprint density at radius 3 is 2.61 bits per heavy atom. The van der Waals surface area contributed by atoms with Gasteiger partial charge in [-0.15, -0.1) is 0 Å². The molecule has 1 N–H and O–H groups in total. The highest BCUT2D eigenvalue weighted by atomic mass is 79.9. The number of halogens is 1. The maximum atomic E-state index is 12.5. The Labute approximate surface area is 115 Å². The molecule has 0 aromatic rings. The Morgan fingerprint density at radius 2 is 2.17 bits per heavy atom. The molecule has 0 spiro atoms. The molecule has 18 heavy (non-hydrogen) atoms. The molecule has 5 heteroatoms. The SMILES string of the molecule is COC(=O)/C(O)=C1/C(=O)[C@@]2(C)CC[C@H]1[C@@]2(C)CBr. The van der Waals surface area contributed by atoms with Gasteiger partial charge in [-0.3, -0.25) is 4.79 Å². The fourth-order valence-corrected chi connectivity index (χ4v) is 4.44. The predicted molar refractivity (Wildman–Crippen MR) is 69.4 cm³/mol. The number of allylic oxidation sites excluding steroid dienone is 1. The standard InChI is InChI=1S/C13H17BrO4/c1-12-5-4-7(13(12,2)6-14)8(10(12)16)9(15)11(17)18-3/h7,15H,4-6H2,1-3H3/b9-8-/t7-,12-,13-/m1/s1. The molecule has 0 aromatic carbocycles. The van der Waals surface area contributed by atoms with E-state index in [1.807, 2.05) is 13.8 Å². The second-order valence-corrected chi connectivity index (χ2v) is 6.12. The minimum atomic E-state index is -0.827. The Hall–Kier alpha value is -0.840. The molecule has 0 unspecified atom stereocenters. The van der Waals surface area contributed by atoms with E-state index in [0.29, 0.717) is 5.33 Å². The monoisotopic (exact) mass is 316 g/mol. The third kappa shape index (κ3) is 1.37. The molecular formula is C13H17BrO4. The number of ether oxygens (including phenoxy) is 1. The molecule has 100 valence electrons. The topological polar surface area (TPSA) is 63.6 Å². The number of methoxy groups -OCH3 is 1. The van der Waals surface area contributed by atoms with Crippen molar-refractivity contribution in [3.05, 3.63) is 11.3 Å². The zero-order chi connectivity index (χ0) is 13.7. The van der Waals surface area contributed by atoms with Gasteiger partial charge in [-0.1, -0.05) is 29.8 Å². The number of alkyl halides is 1. The number of aliphatic hydroxyl groups excluding tert-OH is 1. The zero-order valence-corrected chi connectivity index (χ0v) is 12.3.